The normalized spacial score (nSPS) is 19.6. The maximum atomic E-state index is 11.8. The Morgan fingerprint density at radius 1 is 1.12 bits per heavy atom. The number of hydrogen-bond acceptors (Lipinski definition) is 6. The molecule has 1 aliphatic heterocycles. The van der Waals surface area contributed by atoms with E-state index in [-0.39, 0.29) is 12.5 Å². The first-order chi connectivity index (χ1) is 15.3. The molecule has 0 aromatic heterocycles. The Morgan fingerprint density at radius 3 is 2.50 bits per heavy atom. The number of carbonyl (C=O) groups is 1. The second kappa shape index (κ2) is 11.2. The summed E-state index contributed by atoms with van der Waals surface area (Å²) in [5.41, 5.74) is 1.61. The number of aliphatic hydroxyl groups excluding tert-OH is 1. The van der Waals surface area contributed by atoms with Crippen LogP contribution < -0.4 is 4.74 Å². The molecule has 0 spiro atoms. The van der Waals surface area contributed by atoms with Gasteiger partial charge in [0.05, 0.1) is 19.3 Å². The molecule has 2 aromatic carbocycles. The molecule has 1 aliphatic rings. The second-order valence-electron chi connectivity index (χ2n) is 8.93. The van der Waals surface area contributed by atoms with Crippen molar-refractivity contribution in [2.24, 2.45) is 0 Å². The Kier molecular flexibility index (Phi) is 8.31. The monoisotopic (exact) mass is 439 g/mol. The van der Waals surface area contributed by atoms with Gasteiger partial charge >= 0.3 is 6.16 Å². The van der Waals surface area contributed by atoms with Crippen molar-refractivity contribution in [2.45, 2.75) is 51.2 Å². The van der Waals surface area contributed by atoms with Crippen LogP contribution in [-0.2, 0) is 9.57 Å². The Bertz CT molecular complexity index is 873. The summed E-state index contributed by atoms with van der Waals surface area (Å²) in [6.45, 7) is 6.73. The standard InChI is InChI=1S/C26H33NO5/c1-26(2,3)31-25(29)32-27-17-16-23(24(28)19-27)21-12-14-22(15-13-21)30-18-8-7-11-20-9-5-4-6-10-20/h4-7,9-15,23-24,28H,8,16-19H2,1-3H3/b11-7+. The Labute approximate surface area is 190 Å². The van der Waals surface area contributed by atoms with Crippen LogP contribution in [0.25, 0.3) is 6.08 Å². The number of aliphatic hydroxyl groups is 1. The fourth-order valence-corrected chi connectivity index (χ4v) is 3.59. The zero-order chi connectivity index (χ0) is 23.0. The maximum Gasteiger partial charge on any atom is 0.528 e. The first-order valence-corrected chi connectivity index (χ1v) is 11.1. The molecule has 0 aliphatic carbocycles. The van der Waals surface area contributed by atoms with Gasteiger partial charge in [0.1, 0.15) is 11.4 Å². The summed E-state index contributed by atoms with van der Waals surface area (Å²) in [6.07, 6.45) is 4.31. The van der Waals surface area contributed by atoms with E-state index in [0.29, 0.717) is 19.6 Å². The molecule has 1 N–H and O–H groups in total. The molecule has 32 heavy (non-hydrogen) atoms. The van der Waals surface area contributed by atoms with Crippen LogP contribution in [0.3, 0.4) is 0 Å². The lowest BCUT2D eigenvalue weighted by Gasteiger charge is -2.34. The number of carbonyl (C=O) groups excluding carboxylic acids is 1. The van der Waals surface area contributed by atoms with E-state index < -0.39 is 17.9 Å². The van der Waals surface area contributed by atoms with Crippen molar-refractivity contribution in [1.29, 1.82) is 0 Å². The largest absolute Gasteiger partial charge is 0.528 e. The van der Waals surface area contributed by atoms with Gasteiger partial charge in [0.15, 0.2) is 0 Å². The molecule has 6 nitrogen and oxygen atoms in total. The third-order valence-electron chi connectivity index (χ3n) is 5.11. The van der Waals surface area contributed by atoms with Crippen LogP contribution in [0.15, 0.2) is 60.7 Å². The lowest BCUT2D eigenvalue weighted by atomic mass is 9.88. The fraction of sp³-hybridized carbons (Fsp3) is 0.423. The summed E-state index contributed by atoms with van der Waals surface area (Å²) in [7, 11) is 0. The number of rotatable bonds is 7. The van der Waals surface area contributed by atoms with Gasteiger partial charge in [0.25, 0.3) is 0 Å². The Hall–Kier alpha value is -2.83. The number of hydroxylamine groups is 2. The molecule has 0 amide bonds. The number of β-amino-alcohol motifs (C(OH)–C–C–N with tert-alkyl or cyclic N) is 1. The summed E-state index contributed by atoms with van der Waals surface area (Å²) in [5.74, 6) is 0.790. The third-order valence-corrected chi connectivity index (χ3v) is 5.11. The van der Waals surface area contributed by atoms with Crippen LogP contribution in [0.4, 0.5) is 4.79 Å². The molecule has 2 aromatic rings. The molecule has 0 saturated carbocycles. The van der Waals surface area contributed by atoms with Crippen molar-refractivity contribution in [3.63, 3.8) is 0 Å². The van der Waals surface area contributed by atoms with E-state index in [1.807, 2.05) is 42.5 Å². The first-order valence-electron chi connectivity index (χ1n) is 11.1. The van der Waals surface area contributed by atoms with Crippen molar-refractivity contribution in [3.8, 4) is 5.75 Å². The van der Waals surface area contributed by atoms with Gasteiger partial charge in [0, 0.05) is 12.5 Å². The van der Waals surface area contributed by atoms with Crippen LogP contribution in [0.5, 0.6) is 5.75 Å². The average Bonchev–Trinajstić information content (AvgIpc) is 2.74. The molecule has 1 heterocycles. The molecular weight excluding hydrogens is 406 g/mol. The zero-order valence-corrected chi connectivity index (χ0v) is 19.1. The van der Waals surface area contributed by atoms with Crippen molar-refractivity contribution in [3.05, 3.63) is 71.8 Å². The average molecular weight is 440 g/mol. The summed E-state index contributed by atoms with van der Waals surface area (Å²) in [4.78, 5) is 17.1. The SMILES string of the molecule is CC(C)(C)OC(=O)ON1CCC(c2ccc(OCC/C=C/c3ccccc3)cc2)C(O)C1. The van der Waals surface area contributed by atoms with Crippen molar-refractivity contribution in [1.82, 2.24) is 5.06 Å². The molecule has 6 heteroatoms. The highest BCUT2D eigenvalue weighted by Gasteiger charge is 2.32. The molecule has 172 valence electrons. The number of nitrogens with zero attached hydrogens (tertiary/aromatic N) is 1. The topological polar surface area (TPSA) is 68.2 Å². The predicted octanol–water partition coefficient (Wildman–Crippen LogP) is 5.19. The van der Waals surface area contributed by atoms with E-state index in [1.54, 1.807) is 20.8 Å². The van der Waals surface area contributed by atoms with Crippen LogP contribution in [0.1, 0.15) is 50.7 Å². The van der Waals surface area contributed by atoms with Crippen molar-refractivity contribution >= 4 is 12.2 Å². The summed E-state index contributed by atoms with van der Waals surface area (Å²) >= 11 is 0. The molecule has 0 radical (unpaired) electrons. The van der Waals surface area contributed by atoms with E-state index in [2.05, 4.69) is 24.3 Å². The molecule has 1 saturated heterocycles. The van der Waals surface area contributed by atoms with E-state index in [0.717, 1.165) is 17.7 Å². The zero-order valence-electron chi connectivity index (χ0n) is 19.1. The minimum Gasteiger partial charge on any atom is -0.493 e. The highest BCUT2D eigenvalue weighted by Crippen LogP contribution is 2.30. The van der Waals surface area contributed by atoms with Crippen LogP contribution >= 0.6 is 0 Å². The van der Waals surface area contributed by atoms with Gasteiger partial charge in [-0.15, -0.1) is 5.06 Å². The lowest BCUT2D eigenvalue weighted by molar-refractivity contribution is -0.170. The van der Waals surface area contributed by atoms with Gasteiger partial charge in [-0.05, 0) is 56.9 Å². The smallest absolute Gasteiger partial charge is 0.493 e. The highest BCUT2D eigenvalue weighted by molar-refractivity contribution is 5.60. The van der Waals surface area contributed by atoms with Gasteiger partial charge in [-0.3, -0.25) is 0 Å². The Morgan fingerprint density at radius 2 is 1.84 bits per heavy atom. The van der Waals surface area contributed by atoms with E-state index in [4.69, 9.17) is 14.3 Å². The van der Waals surface area contributed by atoms with Crippen LogP contribution in [0.2, 0.25) is 0 Å². The first kappa shape index (κ1) is 23.8. The van der Waals surface area contributed by atoms with Crippen LogP contribution in [0, 0.1) is 0 Å². The van der Waals surface area contributed by atoms with Crippen LogP contribution in [-0.4, -0.2) is 47.7 Å². The minimum atomic E-state index is -0.747. The van der Waals surface area contributed by atoms with Crippen molar-refractivity contribution < 1.29 is 24.2 Å². The maximum absolute atomic E-state index is 11.8. The third kappa shape index (κ3) is 7.70. The Balaban J connectivity index is 1.42. The molecule has 3 rings (SSSR count). The minimum absolute atomic E-state index is 0.0173. The summed E-state index contributed by atoms with van der Waals surface area (Å²) < 4.78 is 11.0. The van der Waals surface area contributed by atoms with Gasteiger partial charge in [0.2, 0.25) is 0 Å². The number of ether oxygens (including phenoxy) is 2. The van der Waals surface area contributed by atoms with Gasteiger partial charge < -0.3 is 19.4 Å². The van der Waals surface area contributed by atoms with E-state index in [9.17, 15) is 9.90 Å². The lowest BCUT2D eigenvalue weighted by Crippen LogP contribution is -2.44. The van der Waals surface area contributed by atoms with E-state index in [1.165, 1.54) is 10.6 Å². The highest BCUT2D eigenvalue weighted by atomic mass is 16.8. The molecular formula is C26H33NO5. The number of piperidine rings is 1. The van der Waals surface area contributed by atoms with Gasteiger partial charge in [-0.25, -0.2) is 4.79 Å². The molecule has 2 atom stereocenters. The van der Waals surface area contributed by atoms with Gasteiger partial charge in [-0.2, -0.15) is 0 Å². The molecule has 0 bridgehead atoms. The quantitative estimate of drug-likeness (QED) is 0.473. The number of hydrogen-bond donors (Lipinski definition) is 1. The second-order valence-corrected chi connectivity index (χ2v) is 8.93. The molecule has 2 unspecified atom stereocenters. The summed E-state index contributed by atoms with van der Waals surface area (Å²) in [5, 5.41) is 12.1. The number of benzene rings is 2. The molecule has 1 fully saturated rings. The summed E-state index contributed by atoms with van der Waals surface area (Å²) in [6, 6.07) is 18.0. The van der Waals surface area contributed by atoms with Crippen molar-refractivity contribution in [2.75, 3.05) is 19.7 Å². The fourth-order valence-electron chi connectivity index (χ4n) is 3.59. The van der Waals surface area contributed by atoms with E-state index >= 15 is 0 Å². The van der Waals surface area contributed by atoms with Gasteiger partial charge in [-0.1, -0.05) is 54.6 Å². The predicted molar refractivity (Wildman–Crippen MR) is 124 cm³/mol.